The summed E-state index contributed by atoms with van der Waals surface area (Å²) in [6.07, 6.45) is 4.44. The third-order valence-electron chi connectivity index (χ3n) is 4.66. The van der Waals surface area contributed by atoms with E-state index < -0.39 is 0 Å². The van der Waals surface area contributed by atoms with Crippen LogP contribution in [-0.2, 0) is 13.0 Å². The van der Waals surface area contributed by atoms with Crippen molar-refractivity contribution in [2.45, 2.75) is 26.8 Å². The van der Waals surface area contributed by atoms with Gasteiger partial charge in [-0.25, -0.2) is 4.98 Å². The van der Waals surface area contributed by atoms with Crippen molar-refractivity contribution in [1.29, 1.82) is 0 Å². The summed E-state index contributed by atoms with van der Waals surface area (Å²) in [5, 5.41) is 6.18. The van der Waals surface area contributed by atoms with E-state index in [2.05, 4.69) is 55.8 Å². The van der Waals surface area contributed by atoms with Crippen LogP contribution in [0.15, 0.2) is 63.0 Å². The third-order valence-corrected chi connectivity index (χ3v) is 5.16. The van der Waals surface area contributed by atoms with Gasteiger partial charge in [-0.1, -0.05) is 41.1 Å². The summed E-state index contributed by atoms with van der Waals surface area (Å²) in [5.41, 5.74) is 2.67. The van der Waals surface area contributed by atoms with Gasteiger partial charge in [-0.15, -0.1) is 0 Å². The molecule has 0 N–H and O–H groups in total. The number of hydrogen-bond acceptors (Lipinski definition) is 3. The van der Waals surface area contributed by atoms with Crippen LogP contribution >= 0.6 is 15.9 Å². The van der Waals surface area contributed by atoms with Crippen LogP contribution in [0.2, 0.25) is 0 Å². The predicted octanol–water partition coefficient (Wildman–Crippen LogP) is 4.58. The summed E-state index contributed by atoms with van der Waals surface area (Å²) in [6, 6.07) is 13.7. The Morgan fingerprint density at radius 2 is 1.96 bits per heavy atom. The Hall–Kier alpha value is -2.73. The highest BCUT2D eigenvalue weighted by molar-refractivity contribution is 9.10. The Morgan fingerprint density at radius 3 is 2.74 bits per heavy atom. The van der Waals surface area contributed by atoms with Gasteiger partial charge in [0.25, 0.3) is 5.56 Å². The quantitative estimate of drug-likeness (QED) is 0.452. The van der Waals surface area contributed by atoms with E-state index in [4.69, 9.17) is 0 Å². The number of aryl methyl sites for hydroxylation is 2. The SMILES string of the molecule is CCc1nc2ccc(Br)cc2c(=O)n1N=Cc1cn(CC)c2ccccc12. The molecule has 0 spiro atoms. The van der Waals surface area contributed by atoms with Crippen LogP contribution < -0.4 is 5.56 Å². The first kappa shape index (κ1) is 17.7. The van der Waals surface area contributed by atoms with Crippen molar-refractivity contribution in [3.05, 3.63) is 74.9 Å². The highest BCUT2D eigenvalue weighted by Gasteiger charge is 2.10. The Kier molecular flexibility index (Phi) is 4.66. The molecule has 0 unspecified atom stereocenters. The van der Waals surface area contributed by atoms with Crippen LogP contribution in [-0.4, -0.2) is 20.4 Å². The number of rotatable bonds is 4. The zero-order chi connectivity index (χ0) is 19.0. The van der Waals surface area contributed by atoms with Crippen molar-refractivity contribution in [3.63, 3.8) is 0 Å². The lowest BCUT2D eigenvalue weighted by molar-refractivity contribution is 0.734. The second kappa shape index (κ2) is 7.12. The summed E-state index contributed by atoms with van der Waals surface area (Å²) in [7, 11) is 0. The molecule has 2 heterocycles. The molecule has 4 rings (SSSR count). The fourth-order valence-corrected chi connectivity index (χ4v) is 3.66. The van der Waals surface area contributed by atoms with E-state index in [1.165, 1.54) is 4.68 Å². The first-order valence-electron chi connectivity index (χ1n) is 8.95. The number of aromatic nitrogens is 3. The Bertz CT molecular complexity index is 1240. The Morgan fingerprint density at radius 1 is 1.15 bits per heavy atom. The molecular formula is C21H19BrN4O. The lowest BCUT2D eigenvalue weighted by Crippen LogP contribution is -2.22. The van der Waals surface area contributed by atoms with Crippen molar-refractivity contribution >= 4 is 44.0 Å². The second-order valence-electron chi connectivity index (χ2n) is 6.29. The minimum absolute atomic E-state index is 0.159. The molecule has 0 radical (unpaired) electrons. The molecule has 27 heavy (non-hydrogen) atoms. The lowest BCUT2D eigenvalue weighted by atomic mass is 10.2. The molecule has 0 saturated carbocycles. The van der Waals surface area contributed by atoms with E-state index in [0.717, 1.165) is 27.5 Å². The van der Waals surface area contributed by atoms with E-state index in [1.807, 2.05) is 31.2 Å². The van der Waals surface area contributed by atoms with Crippen LogP contribution in [0.25, 0.3) is 21.8 Å². The molecule has 0 amide bonds. The fourth-order valence-electron chi connectivity index (χ4n) is 3.30. The monoisotopic (exact) mass is 422 g/mol. The van der Waals surface area contributed by atoms with Crippen LogP contribution in [0.5, 0.6) is 0 Å². The van der Waals surface area contributed by atoms with Gasteiger partial charge in [0.1, 0.15) is 5.82 Å². The number of fused-ring (bicyclic) bond motifs is 2. The summed E-state index contributed by atoms with van der Waals surface area (Å²) in [4.78, 5) is 17.6. The van der Waals surface area contributed by atoms with Crippen LogP contribution in [0.4, 0.5) is 0 Å². The first-order chi connectivity index (χ1) is 13.1. The molecule has 0 aliphatic carbocycles. The van der Waals surface area contributed by atoms with Crippen molar-refractivity contribution in [3.8, 4) is 0 Å². The maximum Gasteiger partial charge on any atom is 0.282 e. The van der Waals surface area contributed by atoms with E-state index in [-0.39, 0.29) is 5.56 Å². The predicted molar refractivity (Wildman–Crippen MR) is 114 cm³/mol. The first-order valence-corrected chi connectivity index (χ1v) is 9.75. The molecular weight excluding hydrogens is 404 g/mol. The molecule has 136 valence electrons. The van der Waals surface area contributed by atoms with Gasteiger partial charge in [0.05, 0.1) is 17.1 Å². The standard InChI is InChI=1S/C21H19BrN4O/c1-3-20-24-18-10-9-15(22)11-17(18)21(27)26(20)23-12-14-13-25(4-2)19-8-6-5-7-16(14)19/h5-13H,3-4H2,1-2H3. The smallest absolute Gasteiger partial charge is 0.282 e. The molecule has 0 fully saturated rings. The molecule has 0 saturated heterocycles. The second-order valence-corrected chi connectivity index (χ2v) is 7.21. The van der Waals surface area contributed by atoms with Gasteiger partial charge < -0.3 is 4.57 Å². The maximum absolute atomic E-state index is 13.0. The zero-order valence-electron chi connectivity index (χ0n) is 15.2. The van der Waals surface area contributed by atoms with Gasteiger partial charge in [0, 0.05) is 40.1 Å². The van der Waals surface area contributed by atoms with Gasteiger partial charge in [0.15, 0.2) is 0 Å². The highest BCUT2D eigenvalue weighted by atomic mass is 79.9. The topological polar surface area (TPSA) is 52.2 Å². The summed E-state index contributed by atoms with van der Waals surface area (Å²) in [6.45, 7) is 4.96. The number of para-hydroxylation sites is 1. The van der Waals surface area contributed by atoms with Crippen LogP contribution in [0, 0.1) is 0 Å². The van der Waals surface area contributed by atoms with E-state index in [1.54, 1.807) is 12.3 Å². The van der Waals surface area contributed by atoms with Crippen molar-refractivity contribution in [2.24, 2.45) is 5.10 Å². The summed E-state index contributed by atoms with van der Waals surface area (Å²) in [5.74, 6) is 0.644. The third kappa shape index (κ3) is 3.10. The van der Waals surface area contributed by atoms with Crippen molar-refractivity contribution in [1.82, 2.24) is 14.2 Å². The highest BCUT2D eigenvalue weighted by Crippen LogP contribution is 2.20. The molecule has 2 aromatic carbocycles. The van der Waals surface area contributed by atoms with Gasteiger partial charge in [-0.2, -0.15) is 9.78 Å². The van der Waals surface area contributed by atoms with E-state index in [0.29, 0.717) is 23.1 Å². The fraction of sp³-hybridized carbons (Fsp3) is 0.190. The average Bonchev–Trinajstić information content (AvgIpc) is 3.05. The molecule has 0 aliphatic heterocycles. The Labute approximate surface area is 165 Å². The van der Waals surface area contributed by atoms with E-state index >= 15 is 0 Å². The molecule has 0 aliphatic rings. The van der Waals surface area contributed by atoms with Crippen molar-refractivity contribution in [2.75, 3.05) is 0 Å². The van der Waals surface area contributed by atoms with Gasteiger partial charge in [-0.05, 0) is 31.2 Å². The minimum atomic E-state index is -0.159. The molecule has 4 aromatic rings. The Balaban J connectivity index is 1.89. The number of nitrogens with zero attached hydrogens (tertiary/aromatic N) is 4. The maximum atomic E-state index is 13.0. The largest absolute Gasteiger partial charge is 0.347 e. The molecule has 6 heteroatoms. The lowest BCUT2D eigenvalue weighted by Gasteiger charge is -2.07. The van der Waals surface area contributed by atoms with Crippen LogP contribution in [0.1, 0.15) is 25.2 Å². The van der Waals surface area contributed by atoms with Gasteiger partial charge in [-0.3, -0.25) is 4.79 Å². The molecule has 2 aromatic heterocycles. The van der Waals surface area contributed by atoms with E-state index in [9.17, 15) is 4.79 Å². The number of hydrogen-bond donors (Lipinski definition) is 0. The zero-order valence-corrected chi connectivity index (χ0v) is 16.8. The number of halogens is 1. The minimum Gasteiger partial charge on any atom is -0.347 e. The molecule has 0 bridgehead atoms. The summed E-state index contributed by atoms with van der Waals surface area (Å²) >= 11 is 3.42. The average molecular weight is 423 g/mol. The molecule has 0 atom stereocenters. The van der Waals surface area contributed by atoms with Crippen LogP contribution in [0.3, 0.4) is 0 Å². The van der Waals surface area contributed by atoms with Gasteiger partial charge >= 0.3 is 0 Å². The number of benzene rings is 2. The van der Waals surface area contributed by atoms with Crippen molar-refractivity contribution < 1.29 is 0 Å². The summed E-state index contributed by atoms with van der Waals surface area (Å²) < 4.78 is 4.43. The van der Waals surface area contributed by atoms with Gasteiger partial charge in [0.2, 0.25) is 0 Å². The normalized spacial score (nSPS) is 11.8. The molecule has 5 nitrogen and oxygen atoms in total.